The molecule has 2 aliphatic carbocycles. The van der Waals surface area contributed by atoms with Gasteiger partial charge in [-0.3, -0.25) is 9.69 Å². The van der Waals surface area contributed by atoms with Gasteiger partial charge in [-0.1, -0.05) is 30.2 Å². The van der Waals surface area contributed by atoms with E-state index < -0.39 is 16.6 Å². The van der Waals surface area contributed by atoms with E-state index in [1.807, 2.05) is 50.3 Å². The lowest BCUT2D eigenvalue weighted by Gasteiger charge is -2.67. The maximum absolute atomic E-state index is 13.4. The Balaban J connectivity index is 1.44. The Morgan fingerprint density at radius 1 is 1.32 bits per heavy atom. The molecule has 1 amide bonds. The van der Waals surface area contributed by atoms with Crippen LogP contribution in [0.25, 0.3) is 0 Å². The first-order valence-electron chi connectivity index (χ1n) is 13.1. The van der Waals surface area contributed by atoms with Crippen molar-refractivity contribution in [2.75, 3.05) is 20.1 Å². The van der Waals surface area contributed by atoms with E-state index in [0.29, 0.717) is 38.0 Å². The number of phenols is 1. The number of likely N-dealkylation sites (tertiary alicyclic amines) is 1. The van der Waals surface area contributed by atoms with Gasteiger partial charge in [-0.2, -0.15) is 0 Å². The summed E-state index contributed by atoms with van der Waals surface area (Å²) in [6.45, 7) is 9.45. The number of likely N-dealkylation sites (N-methyl/N-ethyl adjacent to an activating group) is 1. The molecule has 37 heavy (non-hydrogen) atoms. The number of ether oxygens (including phenoxy) is 1. The highest BCUT2D eigenvalue weighted by molar-refractivity contribution is 5.94. The maximum atomic E-state index is 13.4. The van der Waals surface area contributed by atoms with Crippen molar-refractivity contribution in [3.63, 3.8) is 0 Å². The Labute approximate surface area is 218 Å². The highest BCUT2D eigenvalue weighted by atomic mass is 16.5. The van der Waals surface area contributed by atoms with Crippen LogP contribution in [0.4, 0.5) is 0 Å². The molecule has 1 spiro atoms. The Hall–Kier alpha value is -3.27. The molecule has 5 atom stereocenters. The van der Waals surface area contributed by atoms with Gasteiger partial charge < -0.3 is 19.8 Å². The molecule has 1 saturated carbocycles. The van der Waals surface area contributed by atoms with Crippen LogP contribution in [-0.2, 0) is 16.6 Å². The van der Waals surface area contributed by atoms with E-state index >= 15 is 0 Å². The monoisotopic (exact) mass is 498 g/mol. The summed E-state index contributed by atoms with van der Waals surface area (Å²) in [7, 11) is 1.78. The van der Waals surface area contributed by atoms with Crippen LogP contribution >= 0.6 is 0 Å². The van der Waals surface area contributed by atoms with Crippen molar-refractivity contribution in [3.8, 4) is 23.3 Å². The number of hydrogen-bond acceptors (Lipinski definition) is 5. The van der Waals surface area contributed by atoms with Crippen LogP contribution in [0.2, 0.25) is 0 Å². The molecule has 6 heteroatoms. The normalized spacial score (nSPS) is 33.0. The minimum Gasteiger partial charge on any atom is -0.504 e. The average Bonchev–Trinajstić information content (AvgIpc) is 3.15. The van der Waals surface area contributed by atoms with E-state index in [4.69, 9.17) is 4.74 Å². The molecule has 2 aromatic carbocycles. The van der Waals surface area contributed by atoms with E-state index in [9.17, 15) is 15.0 Å². The summed E-state index contributed by atoms with van der Waals surface area (Å²) in [4.78, 5) is 17.4. The fourth-order valence-corrected chi connectivity index (χ4v) is 8.09. The van der Waals surface area contributed by atoms with Gasteiger partial charge in [-0.15, -0.1) is 6.58 Å². The van der Waals surface area contributed by atoms with Gasteiger partial charge in [0.1, 0.15) is 5.60 Å². The molecule has 2 aliphatic heterocycles. The molecule has 1 saturated heterocycles. The smallest absolute Gasteiger partial charge is 0.298 e. The molecule has 2 fully saturated rings. The molecule has 4 aliphatic rings. The van der Waals surface area contributed by atoms with Crippen LogP contribution < -0.4 is 4.74 Å². The summed E-state index contributed by atoms with van der Waals surface area (Å²) < 4.78 is 6.73. The van der Waals surface area contributed by atoms with Crippen molar-refractivity contribution in [1.82, 2.24) is 9.80 Å². The highest BCUT2D eigenvalue weighted by Crippen LogP contribution is 2.69. The lowest BCUT2D eigenvalue weighted by molar-refractivity contribution is -0.227. The second-order valence-corrected chi connectivity index (χ2v) is 11.3. The molecular weight excluding hydrogens is 464 g/mol. The number of carbonyl (C=O) groups excluding carboxylic acids is 1. The van der Waals surface area contributed by atoms with Crippen molar-refractivity contribution >= 4 is 5.91 Å². The zero-order chi connectivity index (χ0) is 26.2. The highest BCUT2D eigenvalue weighted by Gasteiger charge is 2.78. The van der Waals surface area contributed by atoms with Crippen molar-refractivity contribution in [1.29, 1.82) is 0 Å². The Morgan fingerprint density at radius 2 is 2.14 bits per heavy atom. The second kappa shape index (κ2) is 8.11. The topological polar surface area (TPSA) is 73.2 Å². The van der Waals surface area contributed by atoms with Crippen LogP contribution in [0.15, 0.2) is 49.1 Å². The molecule has 2 heterocycles. The largest absolute Gasteiger partial charge is 0.504 e. The Morgan fingerprint density at radius 3 is 2.89 bits per heavy atom. The van der Waals surface area contributed by atoms with Crippen LogP contribution in [0, 0.1) is 18.8 Å². The number of aliphatic hydroxyl groups is 1. The van der Waals surface area contributed by atoms with Gasteiger partial charge >= 0.3 is 0 Å². The number of benzene rings is 2. The quantitative estimate of drug-likeness (QED) is 0.502. The Bertz CT molecular complexity index is 1370. The van der Waals surface area contributed by atoms with E-state index in [0.717, 1.165) is 28.8 Å². The summed E-state index contributed by atoms with van der Waals surface area (Å²) in [5.41, 5.74) is 1.21. The molecule has 2 aromatic rings. The molecule has 192 valence electrons. The molecule has 6 nitrogen and oxygen atoms in total. The summed E-state index contributed by atoms with van der Waals surface area (Å²) >= 11 is 0. The van der Waals surface area contributed by atoms with Gasteiger partial charge in [0.05, 0.1) is 17.1 Å². The minimum atomic E-state index is -1.05. The second-order valence-electron chi connectivity index (χ2n) is 11.3. The first-order valence-corrected chi connectivity index (χ1v) is 13.1. The van der Waals surface area contributed by atoms with Gasteiger partial charge in [0.2, 0.25) is 0 Å². The van der Waals surface area contributed by atoms with Crippen molar-refractivity contribution in [2.24, 2.45) is 0 Å². The van der Waals surface area contributed by atoms with Crippen molar-refractivity contribution in [3.05, 3.63) is 71.3 Å². The number of phenolic OH excluding ortho intramolecular Hbond substituents is 1. The number of piperidine rings is 1. The van der Waals surface area contributed by atoms with Crippen LogP contribution in [-0.4, -0.2) is 69.3 Å². The predicted octanol–water partition coefficient (Wildman–Crippen LogP) is 3.31. The molecule has 2 bridgehead atoms. The molecule has 2 N–H and O–H groups in total. The maximum Gasteiger partial charge on any atom is 0.298 e. The van der Waals surface area contributed by atoms with Crippen LogP contribution in [0.5, 0.6) is 11.5 Å². The number of rotatable bonds is 3. The summed E-state index contributed by atoms with van der Waals surface area (Å²) in [6.07, 6.45) is 4.36. The third-order valence-corrected chi connectivity index (χ3v) is 9.65. The van der Waals surface area contributed by atoms with Crippen LogP contribution in [0.1, 0.15) is 48.4 Å². The SMILES string of the molecule is C=CCN1CC[C@]23c4c5ccc(O)c4O[C@@]2(C)[C@H](N(C)C(=O)C#Cc2cccc(C)c2)CC[C@@]3(O)[C@H]1C5. The summed E-state index contributed by atoms with van der Waals surface area (Å²) in [5, 5.41) is 23.5. The standard InChI is InChI=1S/C31H34N2O4/c1-5-16-33-17-15-30-27-22-10-11-23(34)28(27)37-29(30,3)24(13-14-31(30,36)25(33)19-22)32(4)26(35)12-9-21-8-6-7-20(2)18-21/h5-8,10-11,18,24-25,34,36H,1,13-17,19H2,2-4H3/t24-,25-,29+,30+,31-/m1/s1. The summed E-state index contributed by atoms with van der Waals surface area (Å²) in [6, 6.07) is 11.0. The number of aromatic hydroxyl groups is 1. The fraction of sp³-hybridized carbons (Fsp3) is 0.452. The van der Waals surface area contributed by atoms with Crippen molar-refractivity contribution < 1.29 is 19.7 Å². The third-order valence-electron chi connectivity index (χ3n) is 9.65. The van der Waals surface area contributed by atoms with Gasteiger partial charge in [0.25, 0.3) is 5.91 Å². The number of amides is 1. The minimum absolute atomic E-state index is 0.0880. The zero-order valence-electron chi connectivity index (χ0n) is 21.8. The van der Waals surface area contributed by atoms with E-state index in [1.165, 1.54) is 0 Å². The third kappa shape index (κ3) is 3.05. The van der Waals surface area contributed by atoms with Crippen molar-refractivity contribution in [2.45, 2.75) is 68.2 Å². The van der Waals surface area contributed by atoms with E-state index in [2.05, 4.69) is 23.3 Å². The summed E-state index contributed by atoms with van der Waals surface area (Å²) in [5.74, 6) is 6.11. The number of hydrogen-bond donors (Lipinski definition) is 2. The number of aryl methyl sites for hydroxylation is 1. The van der Waals surface area contributed by atoms with Gasteiger partial charge in [0.15, 0.2) is 11.5 Å². The molecule has 0 radical (unpaired) electrons. The molecule has 6 rings (SSSR count). The molecule has 0 unspecified atom stereocenters. The van der Waals surface area contributed by atoms with Gasteiger partial charge in [0, 0.05) is 43.2 Å². The predicted molar refractivity (Wildman–Crippen MR) is 141 cm³/mol. The van der Waals surface area contributed by atoms with E-state index in [1.54, 1.807) is 18.0 Å². The molecular formula is C31H34N2O4. The first-order chi connectivity index (χ1) is 17.7. The van der Waals surface area contributed by atoms with Gasteiger partial charge in [-0.05, 0) is 68.9 Å². The Kier molecular flexibility index (Phi) is 5.28. The first kappa shape index (κ1) is 24.1. The van der Waals surface area contributed by atoms with Crippen LogP contribution in [0.3, 0.4) is 0 Å². The average molecular weight is 499 g/mol. The fourth-order valence-electron chi connectivity index (χ4n) is 8.09. The number of carbonyl (C=O) groups is 1. The zero-order valence-corrected chi connectivity index (χ0v) is 21.8. The molecule has 0 aromatic heterocycles. The lowest BCUT2D eigenvalue weighted by Crippen LogP contribution is -2.82. The van der Waals surface area contributed by atoms with Gasteiger partial charge in [-0.25, -0.2) is 0 Å². The number of nitrogens with zero attached hydrogens (tertiary/aromatic N) is 2. The van der Waals surface area contributed by atoms with E-state index in [-0.39, 0.29) is 23.7 Å². The lowest BCUT2D eigenvalue weighted by atomic mass is 9.44.